The molecule has 0 amide bonds. The predicted octanol–water partition coefficient (Wildman–Crippen LogP) is 13.8. The summed E-state index contributed by atoms with van der Waals surface area (Å²) >= 11 is 1.53. The summed E-state index contributed by atoms with van der Waals surface area (Å²) in [6, 6.07) is 19.6. The molecule has 0 spiro atoms. The summed E-state index contributed by atoms with van der Waals surface area (Å²) in [5.74, 6) is 0.487. The number of pyridine rings is 1. The van der Waals surface area contributed by atoms with E-state index in [-0.39, 0.29) is 547 Å². The molecule has 8 aliphatic heterocycles. The topological polar surface area (TPSA) is 197 Å². The second-order valence-electron chi connectivity index (χ2n) is 24.5. The number of ketones is 4. The summed E-state index contributed by atoms with van der Waals surface area (Å²) in [5, 5.41) is 3.64. The van der Waals surface area contributed by atoms with E-state index < -0.39 is 0 Å². The molecule has 2 saturated heterocycles. The molecule has 4 aliphatic carbocycles. The molecule has 12 aliphatic rings. The Balaban J connectivity index is -0.0000000809. The van der Waals surface area contributed by atoms with Crippen molar-refractivity contribution in [2.75, 3.05) is 18.0 Å². The summed E-state index contributed by atoms with van der Waals surface area (Å²) in [4.78, 5) is 125. The molecule has 9 radical (unpaired) electrons. The number of anilines is 1. The van der Waals surface area contributed by atoms with Crippen LogP contribution in [-0.4, -0.2) is 106 Å². The van der Waals surface area contributed by atoms with Crippen molar-refractivity contribution in [2.45, 2.75) is 180 Å². The zero-order valence-corrected chi connectivity index (χ0v) is 116. The molecular formula is C81H103N5O10SU5V5W3Y4-14. The minimum absolute atomic E-state index is 0. The Hall–Kier alpha value is 7.20. The molecule has 33 heteroatoms. The van der Waals surface area contributed by atoms with Crippen LogP contribution in [-0.2, 0) is 343 Å². The van der Waals surface area contributed by atoms with Crippen LogP contribution in [0.4, 0.5) is 5.69 Å². The molecule has 12 unspecified atom stereocenters. The van der Waals surface area contributed by atoms with Gasteiger partial charge in [0.15, 0.2) is 0 Å². The first-order valence-electron chi connectivity index (χ1n) is 35.1. The molecular weight excluding hydrogens is 3590 g/mol. The third-order valence-electron chi connectivity index (χ3n) is 18.9. The van der Waals surface area contributed by atoms with Gasteiger partial charge < -0.3 is 148 Å². The van der Waals surface area contributed by atoms with Crippen molar-refractivity contribution in [3.8, 4) is 5.69 Å². The largest absolute Gasteiger partial charge is 0.467 e. The van der Waals surface area contributed by atoms with Gasteiger partial charge in [0.1, 0.15) is 0 Å². The van der Waals surface area contributed by atoms with Gasteiger partial charge in [-0.1, -0.05) is 193 Å². The van der Waals surface area contributed by atoms with Gasteiger partial charge in [-0.15, -0.1) is 57.2 Å². The Morgan fingerprint density at radius 1 is 0.456 bits per heavy atom. The van der Waals surface area contributed by atoms with Crippen molar-refractivity contribution in [3.05, 3.63) is 189 Å². The number of carbonyl (C=O) groups excluding carboxylic acids is 9. The van der Waals surface area contributed by atoms with E-state index >= 15 is 0 Å². The second-order valence-corrected chi connectivity index (χ2v) is 25.7. The van der Waals surface area contributed by atoms with Crippen LogP contribution in [0.2, 0.25) is 0 Å². The maximum absolute atomic E-state index is 12.5. The van der Waals surface area contributed by atoms with Crippen molar-refractivity contribution in [1.29, 1.82) is 0 Å². The maximum atomic E-state index is 12.5. The van der Waals surface area contributed by atoms with Crippen molar-refractivity contribution in [1.82, 2.24) is 19.7 Å². The first-order valence-corrected chi connectivity index (χ1v) is 35.9. The van der Waals surface area contributed by atoms with E-state index in [1.54, 1.807) is 13.2 Å². The van der Waals surface area contributed by atoms with E-state index in [2.05, 4.69) is 97.5 Å². The summed E-state index contributed by atoms with van der Waals surface area (Å²) in [7, 11) is 0. The number of Topliss-reactive ketones (excluding diaryl/α,β-unsaturated/α-hetero) is 4. The predicted molar refractivity (Wildman–Crippen MR) is 393 cm³/mol. The van der Waals surface area contributed by atoms with E-state index in [4.69, 9.17) is 0 Å². The number of aromatic nitrogens is 1. The van der Waals surface area contributed by atoms with Gasteiger partial charge >= 0.3 is 0 Å². The van der Waals surface area contributed by atoms with Gasteiger partial charge in [0, 0.05) is 496 Å². The molecule has 1 N–H and O–H groups in total. The van der Waals surface area contributed by atoms with E-state index in [1.165, 1.54) is 16.9 Å². The van der Waals surface area contributed by atoms with Crippen molar-refractivity contribution < 1.29 is 491 Å². The van der Waals surface area contributed by atoms with Gasteiger partial charge in [-0.25, -0.2) is 11.3 Å². The molecule has 15 nitrogen and oxygen atoms in total. The number of hydrogen-bond acceptors (Lipinski definition) is 15. The van der Waals surface area contributed by atoms with Gasteiger partial charge in [-0.2, -0.15) is 29.7 Å². The summed E-state index contributed by atoms with van der Waals surface area (Å²) in [6.45, 7) is 33.9. The molecule has 2 aromatic carbocycles. The number of aryl methyl sites for hydroxylation is 1. The molecule has 4 aromatic rings. The minimum Gasteiger partial charge on any atom is -0.467 e. The third-order valence-corrected chi connectivity index (χ3v) is 19.9. The number of para-hydroxylation sites is 2. The normalized spacial score (nSPS) is 23.2. The van der Waals surface area contributed by atoms with Crippen LogP contribution < -0.4 is 15.6 Å². The zero-order chi connectivity index (χ0) is 71.3. The third kappa shape index (κ3) is 33.1. The Morgan fingerprint density at radius 3 is 1.27 bits per heavy atom. The molecule has 114 heavy (non-hydrogen) atoms. The van der Waals surface area contributed by atoms with Crippen LogP contribution in [0.15, 0.2) is 98.4 Å². The second kappa shape index (κ2) is 71.8. The summed E-state index contributed by atoms with van der Waals surface area (Å²) in [5.41, 5.74) is 9.46. The van der Waals surface area contributed by atoms with E-state index in [0.29, 0.717) is 52.8 Å². The molecule has 0 bridgehead atoms. The van der Waals surface area contributed by atoms with E-state index in [1.807, 2.05) is 162 Å². The van der Waals surface area contributed by atoms with Crippen LogP contribution in [0.3, 0.4) is 0 Å². The smallest absolute Gasteiger partial charge is 0.0680 e. The molecule has 4 saturated carbocycles. The number of carbonyl (C=O) groups is 4. The van der Waals surface area contributed by atoms with Crippen LogP contribution in [0.1, 0.15) is 169 Å². The Morgan fingerprint density at radius 2 is 0.825 bits per heavy atom. The number of nitrogens with zero attached hydrogens (tertiary/aromatic N) is 4. The van der Waals surface area contributed by atoms with Gasteiger partial charge in [0.05, 0.1) is 36.9 Å². The summed E-state index contributed by atoms with van der Waals surface area (Å²) in [6.07, 6.45) is 32.3. The number of allylic oxidation sites excluding steroid dienone is 8. The Bertz CT molecular complexity index is 3900. The number of thiophene rings is 1. The monoisotopic (exact) mass is 3700 g/mol. The molecule has 10 heterocycles. The number of hydrogen-bond donors (Lipinski definition) is 1. The van der Waals surface area contributed by atoms with Crippen LogP contribution in [0, 0.1) is 267 Å². The average Bonchev–Trinajstić information content (AvgIpc) is 1.58. The van der Waals surface area contributed by atoms with Crippen molar-refractivity contribution in [2.24, 2.45) is 47.3 Å². The van der Waals surface area contributed by atoms with E-state index in [9.17, 15) is 47.9 Å². The number of benzene rings is 2. The number of fused-ring (bicyclic) bond motifs is 17. The van der Waals surface area contributed by atoms with Crippen molar-refractivity contribution >= 4 is 81.8 Å². The quantitative estimate of drug-likeness (QED) is 0.129. The SMILES string of the molecule is CC.CC.CC.CC.CC.CC1=C([C-]=O)C(=O)C2[CH-]C(C)[CH-]C2N1.CC1[CH-]C2C(=O)C([C-]=O)=C3CCCCN3C2[CH-]1.CC1[CH-]C2C(=O)C([C-]=O)=C3CCCN3C2[CH-]1.CC1[CH-]C2C(=O)C([C-]=O)=C3Cc4ccccc4N3C2[CH-]1.Cc1[c-]c2c(=O)c([C-]=O)c3n(c2s1)-c1ccccc1C3.[3HH].[3HH].[3HH].[3HH].[U].[U].[U].[U].[U].[V].[V].[V].[V].[V].[W].[W].[W].[Y].[Y].[Y].[Y]. The average molecular weight is 3700 g/mol. The number of piperidine rings is 1. The molecule has 2 aromatic heterocycles. The van der Waals surface area contributed by atoms with Crippen LogP contribution in [0.25, 0.3) is 15.9 Å². The molecule has 16 rings (SSSR count). The van der Waals surface area contributed by atoms with Gasteiger partial charge in [-0.3, -0.25) is 0 Å². The van der Waals surface area contributed by atoms with Gasteiger partial charge in [0.2, 0.25) is 0 Å². The first kappa shape index (κ1) is 144. The van der Waals surface area contributed by atoms with Crippen LogP contribution >= 0.6 is 11.3 Å². The minimum atomic E-state index is -0.251. The van der Waals surface area contributed by atoms with Gasteiger partial charge in [0.25, 0.3) is 0 Å². The number of nitrogens with one attached hydrogen (secondary N) is 1. The standard InChI is InChI=1S/C17H14NO2.C16H9NO2S.C14H16NO2.C13H14NO2.C11H12NO2.5C2H6.5U.5V.3W.4Y.4H2/c1-10-6-12-15(7-10)18-14-5-3-2-4-11(14)8-16(18)13(9-19)17(12)20;1-9-6-11-15(19)12(8-18)14-7-10-4-2-3-5-13(10)17(14)16(11)20-9;1-9-6-10-13(7-9)15-5-3-2-4-12(15)11(8-16)14(10)17;1-8-5-9-12(6-8)14-4-2-3-11(14)10(7-15)13(9)16;1-6-3-8-10(4-6)12-7(2)9(5-13)11(8)14;5*1-2;;;;;;;;;;;;;;;;;;;;;/h2-7,10,12,15H,8H2,1H3;2-5H,7H2,1H3;6-7,9-10,13H,2-5H2,1H3;5-6,8-9,12H,2-4H2,1H3;3-4,6,8,10,12H,1-2H3;5*1-2H3;;;;;;;;;;;;;;;;;;4*1H/q-3;-2;3*-3;;;;;;;;;;;;;;;;;;;;;;;;;;/i;;;;;;;;;;;;;;;;;;;;;;;;;;;4*1+2. The molecule has 607 valence electrons. The van der Waals surface area contributed by atoms with Gasteiger partial charge in [-0.05, 0) is 60.7 Å². The Labute approximate surface area is 1010 Å². The number of rotatable bonds is 5. The van der Waals surface area contributed by atoms with Crippen LogP contribution in [0.5, 0.6) is 0 Å². The fourth-order valence-electron chi connectivity index (χ4n) is 15.2. The maximum Gasteiger partial charge on any atom is 0.0680 e. The first-order chi connectivity index (χ1) is 47.0. The van der Waals surface area contributed by atoms with Crippen molar-refractivity contribution in [3.63, 3.8) is 0 Å². The Kier molecular flexibility index (Phi) is 90.9. The van der Waals surface area contributed by atoms with E-state index in [0.717, 1.165) is 94.6 Å². The molecule has 6 fully saturated rings. The fraction of sp³-hybridized carbons (Fsp3) is 0.457. The summed E-state index contributed by atoms with van der Waals surface area (Å²) < 4.78 is 2.01. The fourth-order valence-corrected chi connectivity index (χ4v) is 16.2. The molecule has 12 atom stereocenters. The zero-order valence-electron chi connectivity index (χ0n) is 67.6.